The summed E-state index contributed by atoms with van der Waals surface area (Å²) in [5.74, 6) is -7.14. The first kappa shape index (κ1) is 45.7. The van der Waals surface area contributed by atoms with E-state index in [2.05, 4.69) is 6.92 Å². The van der Waals surface area contributed by atoms with Crippen LogP contribution in [0.5, 0.6) is 0 Å². The highest BCUT2D eigenvalue weighted by Crippen LogP contribution is 2.76. The lowest BCUT2D eigenvalue weighted by molar-refractivity contribution is -0.153. The Kier molecular flexibility index (Phi) is 21.6. The van der Waals surface area contributed by atoms with Crippen LogP contribution < -0.4 is 0 Å². The molecule has 0 aromatic carbocycles. The third kappa shape index (κ3) is 11.1. The van der Waals surface area contributed by atoms with Crippen molar-refractivity contribution in [3.63, 3.8) is 0 Å². The van der Waals surface area contributed by atoms with Gasteiger partial charge in [0.15, 0.2) is 4.33 Å². The molecule has 0 heterocycles. The summed E-state index contributed by atoms with van der Waals surface area (Å²) >= 11 is 36.2. The Hall–Kier alpha value is -0.270. The van der Waals surface area contributed by atoms with Crippen molar-refractivity contribution in [2.75, 3.05) is 26.4 Å². The Morgan fingerprint density at radius 2 is 0.870 bits per heavy atom. The lowest BCUT2D eigenvalue weighted by Crippen LogP contribution is -2.45. The Balaban J connectivity index is 0.000000704. The van der Waals surface area contributed by atoms with Crippen LogP contribution in [-0.4, -0.2) is 94.2 Å². The Bertz CT molecular complexity index is 932. The lowest BCUT2D eigenvalue weighted by atomic mass is 9.82. The number of rotatable bonds is 20. The van der Waals surface area contributed by atoms with Crippen LogP contribution in [0.4, 0.5) is 0 Å². The van der Waals surface area contributed by atoms with Gasteiger partial charge in [-0.15, -0.1) is 23.2 Å². The molecule has 0 amide bonds. The van der Waals surface area contributed by atoms with Crippen LogP contribution in [0.15, 0.2) is 10.1 Å². The van der Waals surface area contributed by atoms with Crippen molar-refractivity contribution in [2.24, 2.45) is 17.3 Å². The van der Waals surface area contributed by atoms with Gasteiger partial charge >= 0.3 is 17.9 Å². The predicted octanol–water partition coefficient (Wildman–Crippen LogP) is 6.73. The molecule has 4 atom stereocenters. The summed E-state index contributed by atoms with van der Waals surface area (Å²) in [6, 6.07) is 0. The van der Waals surface area contributed by atoms with E-state index in [-0.39, 0.29) is 10.1 Å². The van der Waals surface area contributed by atoms with Crippen molar-refractivity contribution in [2.45, 2.75) is 111 Å². The molecule has 2 rings (SSSR count). The predicted molar refractivity (Wildman–Crippen MR) is 181 cm³/mol. The van der Waals surface area contributed by atoms with Gasteiger partial charge in [0.05, 0.1) is 53.7 Å². The number of carboxylic acid groups (broad SMARTS) is 3. The summed E-state index contributed by atoms with van der Waals surface area (Å²) in [4.78, 5) is 28.8. The van der Waals surface area contributed by atoms with Crippen LogP contribution in [0.3, 0.4) is 0 Å². The number of hydrogen-bond donors (Lipinski definition) is 7. The van der Waals surface area contributed by atoms with Gasteiger partial charge in [-0.05, 0) is 6.42 Å². The Morgan fingerprint density at radius 1 is 0.587 bits per heavy atom. The zero-order valence-electron chi connectivity index (χ0n) is 26.0. The zero-order valence-corrected chi connectivity index (χ0v) is 30.5. The van der Waals surface area contributed by atoms with Crippen LogP contribution in [-0.2, 0) is 14.4 Å². The normalized spacial score (nSPS) is 24.6. The number of allylic oxidation sites excluding steroid dienone is 2. The fraction of sp³-hybridized carbons (Fsp3) is 0.833. The molecule has 270 valence electrons. The summed E-state index contributed by atoms with van der Waals surface area (Å²) in [5.41, 5.74) is -1.11. The van der Waals surface area contributed by atoms with E-state index in [0.717, 1.165) is 12.8 Å². The lowest BCUT2D eigenvalue weighted by Gasteiger charge is -2.31. The van der Waals surface area contributed by atoms with E-state index in [9.17, 15) is 24.6 Å². The molecule has 16 heteroatoms. The standard InChI is InChI=1S/C16H32O2.C9H4Cl6O4.C5H12O4/c1-2-3-4-5-6-7-8-9-10-11-12-13-14-15-16(17)18;10-3-4(11)8(13)2(6(18)19)1(5(16)17)7(3,12)9(8,14)15;6-1-5(2-7,3-8)4-9/h2-15H2,1H3,(H,17,18);1-2H,(H,16,17)(H,18,19);6-9H,1-4H2. The number of fused-ring (bicyclic) bond motifs is 2. The summed E-state index contributed by atoms with van der Waals surface area (Å²) in [7, 11) is 0. The van der Waals surface area contributed by atoms with Crippen molar-refractivity contribution in [3.05, 3.63) is 10.1 Å². The average Bonchev–Trinajstić information content (AvgIpc) is 3.22. The van der Waals surface area contributed by atoms with Gasteiger partial charge in [-0.3, -0.25) is 14.4 Å². The first-order chi connectivity index (χ1) is 21.5. The van der Waals surface area contributed by atoms with Crippen molar-refractivity contribution < 1.29 is 50.1 Å². The maximum Gasteiger partial charge on any atom is 0.309 e. The Morgan fingerprint density at radius 3 is 1.09 bits per heavy atom. The number of carboxylic acids is 3. The molecule has 1 fully saturated rings. The van der Waals surface area contributed by atoms with Crippen LogP contribution in [0.1, 0.15) is 96.8 Å². The number of alkyl halides is 4. The smallest absolute Gasteiger partial charge is 0.309 e. The highest BCUT2D eigenvalue weighted by Gasteiger charge is 2.85. The van der Waals surface area contributed by atoms with Gasteiger partial charge in [-0.2, -0.15) is 0 Å². The number of halogens is 6. The molecule has 0 saturated heterocycles. The number of aliphatic hydroxyl groups is 4. The number of hydrogen-bond acceptors (Lipinski definition) is 7. The zero-order chi connectivity index (χ0) is 35.8. The molecule has 10 nitrogen and oxygen atoms in total. The van der Waals surface area contributed by atoms with Crippen molar-refractivity contribution in [1.29, 1.82) is 0 Å². The summed E-state index contributed by atoms with van der Waals surface area (Å²) in [6.45, 7) is 0.635. The molecule has 0 aromatic heterocycles. The third-order valence-electron chi connectivity index (χ3n) is 8.30. The van der Waals surface area contributed by atoms with Crippen LogP contribution in [0.2, 0.25) is 0 Å². The van der Waals surface area contributed by atoms with Gasteiger partial charge in [-0.1, -0.05) is 130 Å². The second kappa shape index (κ2) is 21.7. The molecule has 2 aliphatic rings. The Labute approximate surface area is 300 Å². The highest BCUT2D eigenvalue weighted by atomic mass is 35.5. The van der Waals surface area contributed by atoms with E-state index in [4.69, 9.17) is 95.1 Å². The van der Waals surface area contributed by atoms with Gasteiger partial charge in [0, 0.05) is 6.42 Å². The SMILES string of the molecule is CCCCCCCCCCCCCCCC(=O)O.O=C(O)C1C(C(=O)O)C2(Cl)C(Cl)=C(Cl)C1(Cl)C2(Cl)Cl.OCC(CO)(CO)CO. The number of carbonyl (C=O) groups is 3. The molecule has 0 radical (unpaired) electrons. The summed E-state index contributed by atoms with van der Waals surface area (Å²) in [5, 5.41) is 60.2. The largest absolute Gasteiger partial charge is 0.481 e. The minimum absolute atomic E-state index is 0.345. The second-order valence-corrected chi connectivity index (χ2v) is 15.1. The molecule has 2 aliphatic carbocycles. The monoisotopic (exact) mass is 778 g/mol. The molecule has 4 unspecified atom stereocenters. The van der Waals surface area contributed by atoms with Crippen molar-refractivity contribution in [3.8, 4) is 0 Å². The second-order valence-electron chi connectivity index (χ2n) is 11.8. The quantitative estimate of drug-likeness (QED) is 0.0515. The molecule has 0 aliphatic heterocycles. The van der Waals surface area contributed by atoms with E-state index in [1.54, 1.807) is 0 Å². The summed E-state index contributed by atoms with van der Waals surface area (Å²) in [6.07, 6.45) is 17.3. The average molecular weight is 781 g/mol. The van der Waals surface area contributed by atoms with Crippen molar-refractivity contribution >= 4 is 87.5 Å². The maximum atomic E-state index is 11.3. The first-order valence-electron chi connectivity index (χ1n) is 15.4. The highest BCUT2D eigenvalue weighted by molar-refractivity contribution is 6.66. The minimum Gasteiger partial charge on any atom is -0.481 e. The van der Waals surface area contributed by atoms with Gasteiger partial charge < -0.3 is 35.7 Å². The molecule has 1 saturated carbocycles. The molecule has 0 aromatic rings. The molecule has 2 bridgehead atoms. The maximum absolute atomic E-state index is 11.3. The number of aliphatic hydroxyl groups excluding tert-OH is 4. The van der Waals surface area contributed by atoms with Crippen molar-refractivity contribution in [1.82, 2.24) is 0 Å². The van der Waals surface area contributed by atoms with Crippen LogP contribution in [0, 0.1) is 17.3 Å². The van der Waals surface area contributed by atoms with Crippen LogP contribution in [0.25, 0.3) is 0 Å². The van der Waals surface area contributed by atoms with Gasteiger partial charge in [0.2, 0.25) is 0 Å². The van der Waals surface area contributed by atoms with E-state index < -0.39 is 75.7 Å². The van der Waals surface area contributed by atoms with Gasteiger partial charge in [0.1, 0.15) is 9.75 Å². The minimum atomic E-state index is -2.18. The van der Waals surface area contributed by atoms with Crippen LogP contribution >= 0.6 is 69.6 Å². The number of aliphatic carboxylic acids is 3. The van der Waals surface area contributed by atoms with E-state index in [1.165, 1.54) is 70.6 Å². The van der Waals surface area contributed by atoms with Gasteiger partial charge in [-0.25, -0.2) is 0 Å². The van der Waals surface area contributed by atoms with Gasteiger partial charge in [0.25, 0.3) is 0 Å². The fourth-order valence-corrected chi connectivity index (χ4v) is 8.13. The number of unbranched alkanes of at least 4 members (excludes halogenated alkanes) is 12. The van der Waals surface area contributed by atoms with E-state index in [0.29, 0.717) is 6.42 Å². The molecule has 7 N–H and O–H groups in total. The third-order valence-corrected chi connectivity index (χ3v) is 12.6. The topological polar surface area (TPSA) is 193 Å². The molecule has 46 heavy (non-hydrogen) atoms. The molecule has 0 spiro atoms. The molecular weight excluding hydrogens is 733 g/mol. The first-order valence-corrected chi connectivity index (χ1v) is 17.7. The van der Waals surface area contributed by atoms with E-state index in [1.807, 2.05) is 0 Å². The molecular formula is C30H48Cl6O10. The van der Waals surface area contributed by atoms with E-state index >= 15 is 0 Å². The fourth-order valence-electron chi connectivity index (χ4n) is 5.20. The summed E-state index contributed by atoms with van der Waals surface area (Å²) < 4.78 is -2.18.